The van der Waals surface area contributed by atoms with Gasteiger partial charge in [0.1, 0.15) is 0 Å². The zero-order valence-electron chi connectivity index (χ0n) is 8.07. The van der Waals surface area contributed by atoms with Gasteiger partial charge in [-0.1, -0.05) is 0 Å². The Bertz CT molecular complexity index is 440. The smallest absolute Gasteiger partial charge is 0.147 e. The first-order valence-electron chi connectivity index (χ1n) is 4.02. The molecule has 0 fully saturated rings. The van der Waals surface area contributed by atoms with Crippen molar-refractivity contribution in [2.24, 2.45) is 4.99 Å². The SMILES string of the molecule is CC1=c2ccccc2=N[C]1(C)[Hf].Cl.Cl. The maximum Gasteiger partial charge on any atom is -0.147 e. The van der Waals surface area contributed by atoms with E-state index in [4.69, 9.17) is 0 Å². The van der Waals surface area contributed by atoms with E-state index < -0.39 is 0 Å². The molecule has 0 spiro atoms. The minimum absolute atomic E-state index is 0. The van der Waals surface area contributed by atoms with Gasteiger partial charge in [0.15, 0.2) is 0 Å². The normalized spacial score (nSPS) is 22.8. The summed E-state index contributed by atoms with van der Waals surface area (Å²) in [7, 11) is 0. The van der Waals surface area contributed by atoms with Crippen LogP contribution in [-0.4, -0.2) is 3.30 Å². The van der Waals surface area contributed by atoms with Crippen LogP contribution in [0.2, 0.25) is 0 Å². The molecule has 1 aliphatic rings. The van der Waals surface area contributed by atoms with E-state index in [0.717, 1.165) is 24.4 Å². The number of benzene rings is 1. The molecule has 1 unspecified atom stereocenters. The number of fused-ring (bicyclic) bond motifs is 1. The largest absolute Gasteiger partial charge is 0.147 e. The van der Waals surface area contributed by atoms with Crippen LogP contribution in [-0.2, 0) is 24.4 Å². The summed E-state index contributed by atoms with van der Waals surface area (Å²) in [6.07, 6.45) is 0. The van der Waals surface area contributed by atoms with Crippen LogP contribution >= 0.6 is 24.8 Å². The summed E-state index contributed by atoms with van der Waals surface area (Å²) in [5.74, 6) is 0. The average Bonchev–Trinajstić information content (AvgIpc) is 2.24. The molecule has 0 saturated carbocycles. The van der Waals surface area contributed by atoms with Gasteiger partial charge in [0.25, 0.3) is 0 Å². The van der Waals surface area contributed by atoms with Gasteiger partial charge < -0.3 is 0 Å². The fraction of sp³-hybridized carbons (Fsp3) is 0.300. The molecule has 0 radical (unpaired) electrons. The average molecular weight is 396 g/mol. The first kappa shape index (κ1) is 14.3. The zero-order chi connectivity index (χ0) is 8.77. The Hall–Kier alpha value is 0.340. The number of hydrogen-bond acceptors (Lipinski definition) is 1. The van der Waals surface area contributed by atoms with E-state index in [1.54, 1.807) is 0 Å². The maximum absolute atomic E-state index is 4.69. The van der Waals surface area contributed by atoms with Gasteiger partial charge in [-0.25, -0.2) is 0 Å². The molecule has 1 aromatic rings. The molecule has 1 aliphatic heterocycles. The molecule has 4 heteroatoms. The fourth-order valence-electron chi connectivity index (χ4n) is 1.48. The summed E-state index contributed by atoms with van der Waals surface area (Å²) in [5.41, 5.74) is 1.43. The third kappa shape index (κ3) is 2.29. The molecule has 0 aliphatic carbocycles. The summed E-state index contributed by atoms with van der Waals surface area (Å²) in [6, 6.07) is 8.40. The van der Waals surface area contributed by atoms with E-state index in [9.17, 15) is 0 Å². The van der Waals surface area contributed by atoms with Crippen molar-refractivity contribution in [1.29, 1.82) is 0 Å². The molecule has 1 nitrogen and oxygen atoms in total. The van der Waals surface area contributed by atoms with Crippen LogP contribution < -0.4 is 10.6 Å². The van der Waals surface area contributed by atoms with Crippen molar-refractivity contribution in [1.82, 2.24) is 0 Å². The van der Waals surface area contributed by atoms with Crippen LogP contribution in [0.1, 0.15) is 13.8 Å². The summed E-state index contributed by atoms with van der Waals surface area (Å²) < 4.78 is 0.143. The standard InChI is InChI=1S/C10H10N.2ClH.Hf/c1-7-8(2)11-10-6-4-3-5-9(7)10;;;/h3-6H,1-2H3;2*1H;. The van der Waals surface area contributed by atoms with Gasteiger partial charge in [0.2, 0.25) is 0 Å². The second-order valence-corrected chi connectivity index (χ2v) is 6.82. The van der Waals surface area contributed by atoms with Crippen molar-refractivity contribution in [3.63, 3.8) is 0 Å². The van der Waals surface area contributed by atoms with Crippen molar-refractivity contribution in [3.05, 3.63) is 34.8 Å². The van der Waals surface area contributed by atoms with Crippen LogP contribution in [0.4, 0.5) is 0 Å². The Labute approximate surface area is 111 Å². The van der Waals surface area contributed by atoms with Crippen LogP contribution in [0, 0.1) is 0 Å². The van der Waals surface area contributed by atoms with E-state index in [-0.39, 0.29) is 28.1 Å². The van der Waals surface area contributed by atoms with Crippen molar-refractivity contribution >= 4 is 30.4 Å². The third-order valence-electron chi connectivity index (χ3n) is 2.38. The second-order valence-electron chi connectivity index (χ2n) is 3.33. The van der Waals surface area contributed by atoms with Gasteiger partial charge in [0.05, 0.1) is 0 Å². The summed E-state index contributed by atoms with van der Waals surface area (Å²) in [4.78, 5) is 4.69. The first-order chi connectivity index (χ1) is 5.61. The molecule has 0 bridgehead atoms. The predicted molar refractivity (Wildman–Crippen MR) is 59.2 cm³/mol. The van der Waals surface area contributed by atoms with Gasteiger partial charge in [-0.15, -0.1) is 24.8 Å². The van der Waals surface area contributed by atoms with Gasteiger partial charge >= 0.3 is 86.9 Å². The molecule has 1 heterocycles. The Kier molecular flexibility index (Phi) is 5.03. The molecule has 1 aromatic carbocycles. The van der Waals surface area contributed by atoms with Gasteiger partial charge in [-0.2, -0.15) is 0 Å². The van der Waals surface area contributed by atoms with Crippen molar-refractivity contribution in [3.8, 4) is 0 Å². The predicted octanol–water partition coefficient (Wildman–Crippen LogP) is 1.60. The minimum Gasteiger partial charge on any atom is -0.147 e. The molecule has 0 N–H and O–H groups in total. The maximum atomic E-state index is 4.69. The third-order valence-corrected chi connectivity index (χ3v) is 4.13. The quantitative estimate of drug-likeness (QED) is 0.592. The van der Waals surface area contributed by atoms with E-state index >= 15 is 0 Å². The summed E-state index contributed by atoms with van der Waals surface area (Å²) >= 11 is 1.10. The summed E-state index contributed by atoms with van der Waals surface area (Å²) in [5, 5.41) is 2.52. The van der Waals surface area contributed by atoms with E-state index in [0.29, 0.717) is 0 Å². The Morgan fingerprint density at radius 1 is 1.21 bits per heavy atom. The van der Waals surface area contributed by atoms with Crippen molar-refractivity contribution < 1.29 is 24.4 Å². The first-order valence-corrected chi connectivity index (χ1v) is 5.82. The molecule has 0 amide bonds. The Morgan fingerprint density at radius 3 is 2.36 bits per heavy atom. The Morgan fingerprint density at radius 2 is 1.79 bits per heavy atom. The minimum atomic E-state index is 0. The molecular formula is C10H12Cl2HfN. The molecule has 75 valence electrons. The van der Waals surface area contributed by atoms with Crippen molar-refractivity contribution in [2.75, 3.05) is 0 Å². The molecule has 14 heavy (non-hydrogen) atoms. The number of para-hydroxylation sites is 1. The van der Waals surface area contributed by atoms with E-state index in [1.165, 1.54) is 16.1 Å². The van der Waals surface area contributed by atoms with Gasteiger partial charge in [0, 0.05) is 0 Å². The monoisotopic (exact) mass is 396 g/mol. The number of rotatable bonds is 0. The number of hydrogen-bond donors (Lipinski definition) is 0. The topological polar surface area (TPSA) is 12.4 Å². The zero-order valence-corrected chi connectivity index (χ0v) is 13.3. The van der Waals surface area contributed by atoms with Crippen LogP contribution in [0.3, 0.4) is 0 Å². The number of nitrogens with zero attached hydrogens (tertiary/aromatic N) is 1. The second kappa shape index (κ2) is 4.91. The Balaban J connectivity index is 0.000000845. The molecule has 0 saturated heterocycles. The van der Waals surface area contributed by atoms with E-state index in [1.807, 2.05) is 0 Å². The fourth-order valence-corrected chi connectivity index (χ4v) is 2.39. The van der Waals surface area contributed by atoms with E-state index in [2.05, 4.69) is 43.1 Å². The molecule has 1 atom stereocenters. The number of halogens is 2. The molecular weight excluding hydrogens is 384 g/mol. The van der Waals surface area contributed by atoms with Gasteiger partial charge in [-0.3, -0.25) is 0 Å². The molecule has 0 aromatic heterocycles. The van der Waals surface area contributed by atoms with Crippen LogP contribution in [0.5, 0.6) is 0 Å². The summed E-state index contributed by atoms with van der Waals surface area (Å²) in [6.45, 7) is 4.41. The van der Waals surface area contributed by atoms with Crippen molar-refractivity contribution in [2.45, 2.75) is 17.1 Å². The van der Waals surface area contributed by atoms with Gasteiger partial charge in [-0.05, 0) is 0 Å². The molecule has 2 rings (SSSR count). The van der Waals surface area contributed by atoms with Crippen LogP contribution in [0.15, 0.2) is 29.3 Å². The van der Waals surface area contributed by atoms with Crippen LogP contribution in [0.25, 0.3) is 5.57 Å².